The van der Waals surface area contributed by atoms with Crippen LogP contribution in [-0.2, 0) is 11.2 Å². The summed E-state index contributed by atoms with van der Waals surface area (Å²) in [6, 6.07) is 4.26. The first-order valence-corrected chi connectivity index (χ1v) is 6.64. The van der Waals surface area contributed by atoms with Crippen LogP contribution in [0.25, 0.3) is 0 Å². The van der Waals surface area contributed by atoms with Gasteiger partial charge in [0.1, 0.15) is 0 Å². The summed E-state index contributed by atoms with van der Waals surface area (Å²) >= 11 is 1.81. The largest absolute Gasteiger partial charge is 0.380 e. The zero-order valence-corrected chi connectivity index (χ0v) is 9.89. The van der Waals surface area contributed by atoms with E-state index in [0.717, 1.165) is 32.1 Å². The Bertz CT molecular complexity index is 257. The van der Waals surface area contributed by atoms with E-state index < -0.39 is 0 Å². The van der Waals surface area contributed by atoms with E-state index in [2.05, 4.69) is 22.8 Å². The number of hydrogen-bond acceptors (Lipinski definition) is 3. The summed E-state index contributed by atoms with van der Waals surface area (Å²) in [5.74, 6) is 0.969. The summed E-state index contributed by atoms with van der Waals surface area (Å²) in [7, 11) is 0. The van der Waals surface area contributed by atoms with Gasteiger partial charge in [0, 0.05) is 17.8 Å². The van der Waals surface area contributed by atoms with Crippen molar-refractivity contribution in [2.45, 2.75) is 19.3 Å². The van der Waals surface area contributed by atoms with E-state index in [0.29, 0.717) is 0 Å². The average Bonchev–Trinajstić information content (AvgIpc) is 2.92. The molecule has 0 amide bonds. The lowest BCUT2D eigenvalue weighted by Gasteiger charge is -2.04. The summed E-state index contributed by atoms with van der Waals surface area (Å²) in [5, 5.41) is 5.54. The standard InChI is InChI=1S/C12H19NOS/c1-2-12(15-9-1)5-7-14-8-6-13-10-11-3-4-11/h1-2,9,11,13H,3-8,10H2. The fourth-order valence-corrected chi connectivity index (χ4v) is 2.19. The van der Waals surface area contributed by atoms with Crippen molar-refractivity contribution in [2.75, 3.05) is 26.3 Å². The minimum atomic E-state index is 0.845. The molecule has 1 aromatic heterocycles. The van der Waals surface area contributed by atoms with E-state index in [9.17, 15) is 0 Å². The van der Waals surface area contributed by atoms with Crippen LogP contribution in [0.3, 0.4) is 0 Å². The first-order valence-electron chi connectivity index (χ1n) is 5.76. The molecule has 1 heterocycles. The van der Waals surface area contributed by atoms with Gasteiger partial charge in [0.05, 0.1) is 13.2 Å². The quantitative estimate of drug-likeness (QED) is 0.686. The lowest BCUT2D eigenvalue weighted by Crippen LogP contribution is -2.22. The predicted octanol–water partition coefficient (Wildman–Crippen LogP) is 2.31. The highest BCUT2D eigenvalue weighted by atomic mass is 32.1. The lowest BCUT2D eigenvalue weighted by molar-refractivity contribution is 0.139. The molecule has 0 spiro atoms. The van der Waals surface area contributed by atoms with Gasteiger partial charge >= 0.3 is 0 Å². The van der Waals surface area contributed by atoms with Gasteiger partial charge in [-0.1, -0.05) is 6.07 Å². The van der Waals surface area contributed by atoms with E-state index in [4.69, 9.17) is 4.74 Å². The van der Waals surface area contributed by atoms with Gasteiger partial charge in [-0.15, -0.1) is 11.3 Å². The molecule has 3 heteroatoms. The Hall–Kier alpha value is -0.380. The van der Waals surface area contributed by atoms with Crippen molar-refractivity contribution >= 4 is 11.3 Å². The third-order valence-corrected chi connectivity index (χ3v) is 3.56. The van der Waals surface area contributed by atoms with Gasteiger partial charge in [-0.05, 0) is 36.8 Å². The Kier molecular flexibility index (Phi) is 4.64. The van der Waals surface area contributed by atoms with Gasteiger partial charge in [-0.2, -0.15) is 0 Å². The maximum absolute atomic E-state index is 5.55. The Labute approximate surface area is 95.6 Å². The summed E-state index contributed by atoms with van der Waals surface area (Å²) in [6.07, 6.45) is 3.90. The molecule has 15 heavy (non-hydrogen) atoms. The van der Waals surface area contributed by atoms with Crippen molar-refractivity contribution in [2.24, 2.45) is 5.92 Å². The lowest BCUT2D eigenvalue weighted by atomic mass is 10.4. The van der Waals surface area contributed by atoms with E-state index in [-0.39, 0.29) is 0 Å². The second kappa shape index (κ2) is 6.26. The number of hydrogen-bond donors (Lipinski definition) is 1. The number of nitrogens with one attached hydrogen (secondary N) is 1. The minimum absolute atomic E-state index is 0.845. The molecule has 0 unspecified atom stereocenters. The highest BCUT2D eigenvalue weighted by Gasteiger charge is 2.19. The zero-order valence-electron chi connectivity index (χ0n) is 9.08. The summed E-state index contributed by atoms with van der Waals surface area (Å²) in [5.41, 5.74) is 0. The molecule has 2 rings (SSSR count). The van der Waals surface area contributed by atoms with Crippen LogP contribution in [0.4, 0.5) is 0 Å². The van der Waals surface area contributed by atoms with E-state index in [1.807, 2.05) is 11.3 Å². The number of thiophene rings is 1. The fraction of sp³-hybridized carbons (Fsp3) is 0.667. The smallest absolute Gasteiger partial charge is 0.0591 e. The Morgan fingerprint density at radius 2 is 2.33 bits per heavy atom. The molecule has 1 fully saturated rings. The van der Waals surface area contributed by atoms with Crippen molar-refractivity contribution in [3.8, 4) is 0 Å². The SMILES string of the molecule is c1csc(CCOCCNCC2CC2)c1. The van der Waals surface area contributed by atoms with Crippen molar-refractivity contribution in [3.63, 3.8) is 0 Å². The molecule has 1 saturated carbocycles. The highest BCUT2D eigenvalue weighted by Crippen LogP contribution is 2.27. The van der Waals surface area contributed by atoms with Crippen LogP contribution in [0.1, 0.15) is 17.7 Å². The maximum atomic E-state index is 5.55. The van der Waals surface area contributed by atoms with Crippen molar-refractivity contribution in [1.29, 1.82) is 0 Å². The van der Waals surface area contributed by atoms with Crippen LogP contribution < -0.4 is 5.32 Å². The molecule has 0 bridgehead atoms. The Balaban J connectivity index is 1.38. The summed E-state index contributed by atoms with van der Waals surface area (Å²) < 4.78 is 5.55. The molecule has 1 aliphatic carbocycles. The van der Waals surface area contributed by atoms with Gasteiger partial charge in [-0.25, -0.2) is 0 Å². The third-order valence-electron chi connectivity index (χ3n) is 2.63. The van der Waals surface area contributed by atoms with E-state index in [1.54, 1.807) is 0 Å². The van der Waals surface area contributed by atoms with Crippen molar-refractivity contribution in [3.05, 3.63) is 22.4 Å². The molecule has 0 radical (unpaired) electrons. The Morgan fingerprint density at radius 3 is 3.07 bits per heavy atom. The van der Waals surface area contributed by atoms with Crippen molar-refractivity contribution in [1.82, 2.24) is 5.32 Å². The molecule has 2 nitrogen and oxygen atoms in total. The molecule has 1 aromatic rings. The summed E-state index contributed by atoms with van der Waals surface area (Å²) in [6.45, 7) is 3.89. The van der Waals surface area contributed by atoms with E-state index in [1.165, 1.54) is 24.3 Å². The van der Waals surface area contributed by atoms with Crippen LogP contribution in [0.5, 0.6) is 0 Å². The molecule has 0 aromatic carbocycles. The van der Waals surface area contributed by atoms with Gasteiger partial charge in [0.25, 0.3) is 0 Å². The molecule has 0 atom stereocenters. The number of rotatable bonds is 8. The minimum Gasteiger partial charge on any atom is -0.380 e. The molecule has 0 aliphatic heterocycles. The van der Waals surface area contributed by atoms with Crippen LogP contribution in [-0.4, -0.2) is 26.3 Å². The van der Waals surface area contributed by atoms with Gasteiger partial charge < -0.3 is 10.1 Å². The molecule has 1 aliphatic rings. The van der Waals surface area contributed by atoms with Gasteiger partial charge in [0.2, 0.25) is 0 Å². The average molecular weight is 225 g/mol. The third kappa shape index (κ3) is 4.78. The molecule has 84 valence electrons. The highest BCUT2D eigenvalue weighted by molar-refractivity contribution is 7.09. The van der Waals surface area contributed by atoms with Gasteiger partial charge in [-0.3, -0.25) is 0 Å². The predicted molar refractivity (Wildman–Crippen MR) is 64.4 cm³/mol. The number of ether oxygens (including phenoxy) is 1. The van der Waals surface area contributed by atoms with E-state index >= 15 is 0 Å². The first-order chi connectivity index (χ1) is 7.45. The second-order valence-corrected chi connectivity index (χ2v) is 5.12. The first kappa shape index (κ1) is 11.1. The van der Waals surface area contributed by atoms with Crippen LogP contribution in [0, 0.1) is 5.92 Å². The van der Waals surface area contributed by atoms with Crippen LogP contribution in [0.2, 0.25) is 0 Å². The zero-order chi connectivity index (χ0) is 10.3. The molecule has 0 saturated heterocycles. The normalized spacial score (nSPS) is 15.7. The maximum Gasteiger partial charge on any atom is 0.0591 e. The second-order valence-electron chi connectivity index (χ2n) is 4.09. The fourth-order valence-electron chi connectivity index (χ4n) is 1.50. The molecular weight excluding hydrogens is 206 g/mol. The Morgan fingerprint density at radius 1 is 1.40 bits per heavy atom. The summed E-state index contributed by atoms with van der Waals surface area (Å²) in [4.78, 5) is 1.42. The van der Waals surface area contributed by atoms with Crippen molar-refractivity contribution < 1.29 is 4.74 Å². The molecule has 1 N–H and O–H groups in total. The molecular formula is C12H19NOS. The topological polar surface area (TPSA) is 21.3 Å². The van der Waals surface area contributed by atoms with Crippen LogP contribution >= 0.6 is 11.3 Å². The monoisotopic (exact) mass is 225 g/mol. The van der Waals surface area contributed by atoms with Gasteiger partial charge in [0.15, 0.2) is 0 Å². The van der Waals surface area contributed by atoms with Crippen LogP contribution in [0.15, 0.2) is 17.5 Å².